The van der Waals surface area contributed by atoms with E-state index in [4.69, 9.17) is 4.42 Å². The van der Waals surface area contributed by atoms with Gasteiger partial charge in [0.05, 0.1) is 0 Å². The number of nitrogens with zero attached hydrogens (tertiary/aromatic N) is 1. The molecule has 2 aromatic carbocycles. The van der Waals surface area contributed by atoms with Crippen LogP contribution >= 0.6 is 0 Å². The van der Waals surface area contributed by atoms with E-state index < -0.39 is 0 Å². The van der Waals surface area contributed by atoms with Crippen LogP contribution in [0.25, 0.3) is 11.3 Å². The molecule has 0 unspecified atom stereocenters. The van der Waals surface area contributed by atoms with E-state index in [0.717, 1.165) is 23.6 Å². The summed E-state index contributed by atoms with van der Waals surface area (Å²) in [7, 11) is 0. The summed E-state index contributed by atoms with van der Waals surface area (Å²) >= 11 is 0. The first-order valence-electron chi connectivity index (χ1n) is 5.95. The fourth-order valence-corrected chi connectivity index (χ4v) is 1.90. The second kappa shape index (κ2) is 4.88. The van der Waals surface area contributed by atoms with E-state index in [1.165, 1.54) is 5.56 Å². The predicted molar refractivity (Wildman–Crippen MR) is 71.2 cm³/mol. The molecule has 0 aliphatic heterocycles. The van der Waals surface area contributed by atoms with Gasteiger partial charge in [0, 0.05) is 12.0 Å². The molecule has 18 heavy (non-hydrogen) atoms. The van der Waals surface area contributed by atoms with E-state index in [1.807, 2.05) is 48.5 Å². The molecule has 88 valence electrons. The summed E-state index contributed by atoms with van der Waals surface area (Å²) in [4.78, 5) is 4.51. The number of hydrogen-bond donors (Lipinski definition) is 0. The summed E-state index contributed by atoms with van der Waals surface area (Å²) in [5.41, 5.74) is 3.18. The first-order chi connectivity index (χ1) is 8.92. The van der Waals surface area contributed by atoms with E-state index in [-0.39, 0.29) is 0 Å². The van der Waals surface area contributed by atoms with Crippen molar-refractivity contribution >= 4 is 0 Å². The first-order valence-corrected chi connectivity index (χ1v) is 5.95. The molecule has 0 N–H and O–H groups in total. The zero-order chi connectivity index (χ0) is 12.2. The van der Waals surface area contributed by atoms with E-state index in [9.17, 15) is 0 Å². The third-order valence-corrected chi connectivity index (χ3v) is 2.82. The van der Waals surface area contributed by atoms with Crippen LogP contribution in [-0.4, -0.2) is 4.98 Å². The van der Waals surface area contributed by atoms with Crippen molar-refractivity contribution in [2.75, 3.05) is 0 Å². The van der Waals surface area contributed by atoms with Crippen molar-refractivity contribution in [1.29, 1.82) is 0 Å². The van der Waals surface area contributed by atoms with E-state index in [2.05, 4.69) is 17.1 Å². The SMILES string of the molecule is c1ccc(Cc2nc(-c3ccccc3)co2)cc1. The molecule has 0 saturated heterocycles. The number of aromatic nitrogens is 1. The van der Waals surface area contributed by atoms with E-state index >= 15 is 0 Å². The van der Waals surface area contributed by atoms with Gasteiger partial charge in [-0.05, 0) is 5.56 Å². The van der Waals surface area contributed by atoms with Gasteiger partial charge in [-0.1, -0.05) is 60.7 Å². The van der Waals surface area contributed by atoms with Gasteiger partial charge in [0.2, 0.25) is 0 Å². The Bertz CT molecular complexity index is 614. The van der Waals surface area contributed by atoms with Gasteiger partial charge in [0.1, 0.15) is 12.0 Å². The number of oxazole rings is 1. The smallest absolute Gasteiger partial charge is 0.198 e. The normalized spacial score (nSPS) is 10.4. The molecule has 0 spiro atoms. The molecular formula is C16H13NO. The van der Waals surface area contributed by atoms with Crippen molar-refractivity contribution in [3.63, 3.8) is 0 Å². The Hall–Kier alpha value is -2.35. The van der Waals surface area contributed by atoms with Crippen LogP contribution in [0, 0.1) is 0 Å². The largest absolute Gasteiger partial charge is 0.448 e. The van der Waals surface area contributed by atoms with Crippen LogP contribution < -0.4 is 0 Å². The molecule has 3 aromatic rings. The second-order valence-corrected chi connectivity index (χ2v) is 4.15. The number of rotatable bonds is 3. The number of hydrogen-bond acceptors (Lipinski definition) is 2. The summed E-state index contributed by atoms with van der Waals surface area (Å²) in [6, 6.07) is 20.3. The van der Waals surface area contributed by atoms with Gasteiger partial charge in [0.25, 0.3) is 0 Å². The molecule has 0 aliphatic carbocycles. The molecule has 2 nitrogen and oxygen atoms in total. The summed E-state index contributed by atoms with van der Waals surface area (Å²) in [6.07, 6.45) is 2.45. The lowest BCUT2D eigenvalue weighted by Gasteiger charge is -1.95. The maximum atomic E-state index is 5.51. The minimum absolute atomic E-state index is 0.730. The fourth-order valence-electron chi connectivity index (χ4n) is 1.90. The van der Waals surface area contributed by atoms with Crippen molar-refractivity contribution < 1.29 is 4.42 Å². The molecule has 2 heteroatoms. The van der Waals surface area contributed by atoms with Gasteiger partial charge in [0.15, 0.2) is 5.89 Å². The van der Waals surface area contributed by atoms with Crippen LogP contribution in [0.1, 0.15) is 11.5 Å². The van der Waals surface area contributed by atoms with Crippen molar-refractivity contribution in [3.8, 4) is 11.3 Å². The first kappa shape index (κ1) is 10.8. The van der Waals surface area contributed by atoms with E-state index in [0.29, 0.717) is 0 Å². The molecule has 0 aliphatic rings. The van der Waals surface area contributed by atoms with Crippen molar-refractivity contribution in [3.05, 3.63) is 78.4 Å². The van der Waals surface area contributed by atoms with Crippen molar-refractivity contribution in [2.24, 2.45) is 0 Å². The Kier molecular flexibility index (Phi) is 2.92. The van der Waals surface area contributed by atoms with Crippen LogP contribution in [-0.2, 0) is 6.42 Å². The topological polar surface area (TPSA) is 26.0 Å². The summed E-state index contributed by atoms with van der Waals surface area (Å²) in [5, 5.41) is 0. The minimum Gasteiger partial charge on any atom is -0.448 e. The third kappa shape index (κ3) is 2.33. The van der Waals surface area contributed by atoms with Crippen LogP contribution in [0.4, 0.5) is 0 Å². The lowest BCUT2D eigenvalue weighted by Crippen LogP contribution is -1.87. The molecule has 0 bridgehead atoms. The zero-order valence-electron chi connectivity index (χ0n) is 9.91. The van der Waals surface area contributed by atoms with Gasteiger partial charge < -0.3 is 4.42 Å². The lowest BCUT2D eigenvalue weighted by atomic mass is 10.1. The Balaban J connectivity index is 1.82. The monoisotopic (exact) mass is 235 g/mol. The van der Waals surface area contributed by atoms with E-state index in [1.54, 1.807) is 6.26 Å². The molecule has 0 atom stereocenters. The standard InChI is InChI=1S/C16H13NO/c1-3-7-13(8-4-1)11-16-17-15(12-18-16)14-9-5-2-6-10-14/h1-10,12H,11H2. The molecule has 1 aromatic heterocycles. The molecule has 3 rings (SSSR count). The third-order valence-electron chi connectivity index (χ3n) is 2.82. The van der Waals surface area contributed by atoms with Gasteiger partial charge in [-0.2, -0.15) is 0 Å². The molecular weight excluding hydrogens is 222 g/mol. The molecule has 0 fully saturated rings. The predicted octanol–water partition coefficient (Wildman–Crippen LogP) is 3.93. The highest BCUT2D eigenvalue weighted by atomic mass is 16.3. The van der Waals surface area contributed by atoms with Crippen molar-refractivity contribution in [2.45, 2.75) is 6.42 Å². The summed E-state index contributed by atoms with van der Waals surface area (Å²) in [5.74, 6) is 0.750. The molecule has 1 heterocycles. The summed E-state index contributed by atoms with van der Waals surface area (Å²) in [6.45, 7) is 0. The molecule has 0 saturated carbocycles. The Labute approximate surface area is 106 Å². The van der Waals surface area contributed by atoms with Crippen LogP contribution in [0.3, 0.4) is 0 Å². The van der Waals surface area contributed by atoms with Crippen LogP contribution in [0.5, 0.6) is 0 Å². The maximum absolute atomic E-state index is 5.51. The molecule has 0 amide bonds. The lowest BCUT2D eigenvalue weighted by molar-refractivity contribution is 0.507. The highest BCUT2D eigenvalue weighted by Gasteiger charge is 2.06. The van der Waals surface area contributed by atoms with Crippen LogP contribution in [0.15, 0.2) is 71.3 Å². The highest BCUT2D eigenvalue weighted by Crippen LogP contribution is 2.19. The Morgan fingerprint density at radius 1 is 0.833 bits per heavy atom. The Morgan fingerprint density at radius 2 is 1.50 bits per heavy atom. The average Bonchev–Trinajstić information content (AvgIpc) is 2.89. The zero-order valence-corrected chi connectivity index (χ0v) is 9.91. The van der Waals surface area contributed by atoms with Gasteiger partial charge in [-0.3, -0.25) is 0 Å². The second-order valence-electron chi connectivity index (χ2n) is 4.15. The Morgan fingerprint density at radius 3 is 2.22 bits per heavy atom. The number of benzene rings is 2. The van der Waals surface area contributed by atoms with Crippen LogP contribution in [0.2, 0.25) is 0 Å². The molecule has 0 radical (unpaired) electrons. The highest BCUT2D eigenvalue weighted by molar-refractivity contribution is 5.57. The van der Waals surface area contributed by atoms with Gasteiger partial charge in [-0.25, -0.2) is 4.98 Å². The van der Waals surface area contributed by atoms with Gasteiger partial charge >= 0.3 is 0 Å². The fraction of sp³-hybridized carbons (Fsp3) is 0.0625. The quantitative estimate of drug-likeness (QED) is 0.687. The minimum atomic E-state index is 0.730. The summed E-state index contributed by atoms with van der Waals surface area (Å²) < 4.78 is 5.51. The van der Waals surface area contributed by atoms with Crippen molar-refractivity contribution in [1.82, 2.24) is 4.98 Å². The average molecular weight is 235 g/mol. The van der Waals surface area contributed by atoms with Gasteiger partial charge in [-0.15, -0.1) is 0 Å². The maximum Gasteiger partial charge on any atom is 0.198 e.